The first-order valence-corrected chi connectivity index (χ1v) is 9.92. The lowest BCUT2D eigenvalue weighted by molar-refractivity contribution is 0.582. The maximum Gasteiger partial charge on any atom is 0.204 e. The fraction of sp³-hybridized carbons (Fsp3) is 0.800. The molecule has 0 aromatic heterocycles. The largest absolute Gasteiger partial charge is 0.360 e. The van der Waals surface area contributed by atoms with Gasteiger partial charge in [-0.3, -0.25) is 0 Å². The van der Waals surface area contributed by atoms with Gasteiger partial charge in [0, 0.05) is 28.2 Å². The molecule has 0 fully saturated rings. The Bertz CT molecular complexity index is 512. The summed E-state index contributed by atoms with van der Waals surface area (Å²) in [6.45, 7) is 0. The second-order valence-corrected chi connectivity index (χ2v) is 10.0. The van der Waals surface area contributed by atoms with Gasteiger partial charge in [0.1, 0.15) is 0 Å². The number of hydrogen-bond donors (Lipinski definition) is 0. The summed E-state index contributed by atoms with van der Waals surface area (Å²) >= 11 is 9.61. The van der Waals surface area contributed by atoms with Crippen molar-refractivity contribution in [2.24, 2.45) is 0 Å². The monoisotopic (exact) mass is 360 g/mol. The Labute approximate surface area is 132 Å². The molecule has 0 aromatic carbocycles. The Hall–Kier alpha value is -0.320. The standard InChI is InChI=1S/C10H20N2O4S4/c1-11(2)9(17)19(13,14)7-5-6-8-20(15,16)10(18)12(3)4/h5-8H2,1-4H3. The first kappa shape index (κ1) is 19.7. The van der Waals surface area contributed by atoms with Crippen LogP contribution >= 0.6 is 24.4 Å². The molecule has 0 aliphatic carbocycles. The highest BCUT2D eigenvalue weighted by atomic mass is 32.2. The number of unbranched alkanes of at least 4 members (excludes halogenated alkanes) is 1. The molecular formula is C10H20N2O4S4. The van der Waals surface area contributed by atoms with Gasteiger partial charge in [0.25, 0.3) is 0 Å². The molecular weight excluding hydrogens is 340 g/mol. The van der Waals surface area contributed by atoms with Crippen LogP contribution in [0, 0.1) is 0 Å². The molecule has 0 aliphatic heterocycles. The minimum Gasteiger partial charge on any atom is -0.360 e. The molecule has 0 unspecified atom stereocenters. The summed E-state index contributed by atoms with van der Waals surface area (Å²) in [5, 5.41) is 0. The number of rotatable bonds is 5. The molecule has 0 saturated carbocycles. The highest BCUT2D eigenvalue weighted by Gasteiger charge is 2.22. The molecule has 0 saturated heterocycles. The van der Waals surface area contributed by atoms with E-state index in [-0.39, 0.29) is 33.0 Å². The number of sulfone groups is 2. The maximum atomic E-state index is 11.8. The Balaban J connectivity index is 4.43. The molecule has 0 bridgehead atoms. The van der Waals surface area contributed by atoms with Crippen LogP contribution in [0.2, 0.25) is 0 Å². The van der Waals surface area contributed by atoms with Crippen molar-refractivity contribution in [1.29, 1.82) is 0 Å². The van der Waals surface area contributed by atoms with Crippen LogP contribution in [-0.2, 0) is 19.7 Å². The van der Waals surface area contributed by atoms with Crippen LogP contribution in [0.25, 0.3) is 0 Å². The van der Waals surface area contributed by atoms with Gasteiger partial charge in [-0.2, -0.15) is 0 Å². The van der Waals surface area contributed by atoms with E-state index < -0.39 is 19.7 Å². The van der Waals surface area contributed by atoms with E-state index in [1.54, 1.807) is 28.2 Å². The van der Waals surface area contributed by atoms with E-state index in [1.165, 1.54) is 9.80 Å². The third-order valence-corrected chi connectivity index (χ3v) is 8.04. The van der Waals surface area contributed by atoms with E-state index >= 15 is 0 Å². The van der Waals surface area contributed by atoms with Crippen molar-refractivity contribution >= 4 is 52.8 Å². The molecule has 6 nitrogen and oxygen atoms in total. The van der Waals surface area contributed by atoms with Gasteiger partial charge in [-0.15, -0.1) is 0 Å². The van der Waals surface area contributed by atoms with Gasteiger partial charge in [0.05, 0.1) is 11.5 Å². The fourth-order valence-corrected chi connectivity index (χ4v) is 4.45. The van der Waals surface area contributed by atoms with E-state index in [9.17, 15) is 16.8 Å². The third-order valence-electron chi connectivity index (χ3n) is 2.34. The van der Waals surface area contributed by atoms with E-state index in [2.05, 4.69) is 0 Å². The summed E-state index contributed by atoms with van der Waals surface area (Å²) in [4.78, 5) is 2.70. The van der Waals surface area contributed by atoms with Gasteiger partial charge in [0.2, 0.25) is 19.7 Å². The number of thiocarbonyl (C=S) groups is 2. The third kappa shape index (κ3) is 5.98. The van der Waals surface area contributed by atoms with E-state index in [0.29, 0.717) is 0 Å². The Morgan fingerprint density at radius 2 is 1.00 bits per heavy atom. The van der Waals surface area contributed by atoms with Crippen molar-refractivity contribution in [3.05, 3.63) is 0 Å². The average Bonchev–Trinajstić information content (AvgIpc) is 2.32. The Morgan fingerprint density at radius 3 is 1.20 bits per heavy atom. The molecule has 0 radical (unpaired) electrons. The highest BCUT2D eigenvalue weighted by molar-refractivity contribution is 8.17. The normalized spacial score (nSPS) is 12.0. The lowest BCUT2D eigenvalue weighted by Crippen LogP contribution is -2.31. The number of hydrogen-bond acceptors (Lipinski definition) is 6. The smallest absolute Gasteiger partial charge is 0.204 e. The minimum absolute atomic E-state index is 0.135. The van der Waals surface area contributed by atoms with Crippen molar-refractivity contribution in [2.45, 2.75) is 12.8 Å². The second-order valence-electron chi connectivity index (χ2n) is 4.67. The summed E-state index contributed by atoms with van der Waals surface area (Å²) in [6.07, 6.45) is 0.456. The Kier molecular flexibility index (Phi) is 7.50. The molecule has 0 atom stereocenters. The van der Waals surface area contributed by atoms with Crippen LogP contribution < -0.4 is 0 Å². The van der Waals surface area contributed by atoms with Gasteiger partial charge in [-0.1, -0.05) is 0 Å². The molecule has 20 heavy (non-hydrogen) atoms. The van der Waals surface area contributed by atoms with Crippen molar-refractivity contribution in [1.82, 2.24) is 9.80 Å². The Morgan fingerprint density at radius 1 is 0.750 bits per heavy atom. The zero-order valence-corrected chi connectivity index (χ0v) is 15.3. The van der Waals surface area contributed by atoms with Crippen LogP contribution in [0.1, 0.15) is 12.8 Å². The average molecular weight is 361 g/mol. The zero-order valence-electron chi connectivity index (χ0n) is 12.0. The fourth-order valence-electron chi connectivity index (χ4n) is 1.32. The van der Waals surface area contributed by atoms with Gasteiger partial charge >= 0.3 is 0 Å². The lowest BCUT2D eigenvalue weighted by atomic mass is 10.4. The second kappa shape index (κ2) is 7.62. The summed E-state index contributed by atoms with van der Waals surface area (Å²) in [7, 11) is -0.767. The summed E-state index contributed by atoms with van der Waals surface area (Å²) < 4.78 is 46.8. The molecule has 0 spiro atoms. The topological polar surface area (TPSA) is 74.8 Å². The van der Waals surface area contributed by atoms with Gasteiger partial charge < -0.3 is 9.80 Å². The predicted molar refractivity (Wildman–Crippen MR) is 89.4 cm³/mol. The molecule has 0 aliphatic rings. The van der Waals surface area contributed by atoms with Gasteiger partial charge in [-0.25, -0.2) is 16.8 Å². The summed E-state index contributed by atoms with van der Waals surface area (Å²) in [6, 6.07) is 0. The highest BCUT2D eigenvalue weighted by Crippen LogP contribution is 2.06. The van der Waals surface area contributed by atoms with E-state index in [0.717, 1.165) is 0 Å². The van der Waals surface area contributed by atoms with Gasteiger partial charge in [0.15, 0.2) is 8.64 Å². The van der Waals surface area contributed by atoms with Gasteiger partial charge in [-0.05, 0) is 37.3 Å². The van der Waals surface area contributed by atoms with Crippen LogP contribution in [-0.4, -0.2) is 75.0 Å². The SMILES string of the molecule is CN(C)C(=S)S(=O)(=O)CCCCS(=O)(=O)C(=S)N(C)C. The van der Waals surface area contributed by atoms with Crippen molar-refractivity contribution in [2.75, 3.05) is 39.7 Å². The summed E-state index contributed by atoms with van der Waals surface area (Å²) in [5.74, 6) is -0.317. The van der Waals surface area contributed by atoms with Crippen molar-refractivity contribution < 1.29 is 16.8 Å². The number of nitrogens with zero attached hydrogens (tertiary/aromatic N) is 2. The molecule has 0 N–H and O–H groups in total. The molecule has 118 valence electrons. The first-order valence-electron chi connectivity index (χ1n) is 5.80. The lowest BCUT2D eigenvalue weighted by Gasteiger charge is -2.15. The van der Waals surface area contributed by atoms with Crippen LogP contribution in [0.15, 0.2) is 0 Å². The van der Waals surface area contributed by atoms with Crippen LogP contribution in [0.3, 0.4) is 0 Å². The first-order chi connectivity index (χ1) is 8.92. The van der Waals surface area contributed by atoms with Crippen LogP contribution in [0.5, 0.6) is 0 Å². The zero-order chi connectivity index (χ0) is 16.1. The van der Waals surface area contributed by atoms with Crippen LogP contribution in [0.4, 0.5) is 0 Å². The minimum atomic E-state index is -3.49. The molecule has 0 aromatic rings. The molecule has 0 amide bonds. The summed E-state index contributed by atoms with van der Waals surface area (Å²) in [5.41, 5.74) is 0. The molecule has 10 heteroatoms. The maximum absolute atomic E-state index is 11.8. The van der Waals surface area contributed by atoms with Crippen molar-refractivity contribution in [3.63, 3.8) is 0 Å². The van der Waals surface area contributed by atoms with E-state index in [4.69, 9.17) is 24.4 Å². The molecule has 0 rings (SSSR count). The quantitative estimate of drug-likeness (QED) is 0.512. The molecule has 0 heterocycles. The predicted octanol–water partition coefficient (Wildman–Crippen LogP) is 0.289. The van der Waals surface area contributed by atoms with E-state index in [1.807, 2.05) is 0 Å². The van der Waals surface area contributed by atoms with Crippen molar-refractivity contribution in [3.8, 4) is 0 Å².